The lowest BCUT2D eigenvalue weighted by atomic mass is 9.82. The molecule has 0 spiro atoms. The van der Waals surface area contributed by atoms with Gasteiger partial charge in [0.05, 0.1) is 0 Å². The average Bonchev–Trinajstić information content (AvgIpc) is 3.59. The van der Waals surface area contributed by atoms with Gasteiger partial charge >= 0.3 is 0 Å². The molecule has 9 rings (SSSR count). The number of hydrogen-bond acceptors (Lipinski definition) is 4. The first-order valence-electron chi connectivity index (χ1n) is 15.6. The minimum Gasteiger partial charge on any atom is -0.456 e. The largest absolute Gasteiger partial charge is 0.456 e. The van der Waals surface area contributed by atoms with Gasteiger partial charge in [0.1, 0.15) is 11.2 Å². The van der Waals surface area contributed by atoms with Gasteiger partial charge in [-0.25, -0.2) is 15.0 Å². The van der Waals surface area contributed by atoms with E-state index in [1.54, 1.807) is 0 Å². The molecule has 1 aliphatic rings. The van der Waals surface area contributed by atoms with Crippen molar-refractivity contribution in [3.05, 3.63) is 151 Å². The minimum atomic E-state index is -0.0720. The Kier molecular flexibility index (Phi) is 5.81. The molecule has 0 bridgehead atoms. The zero-order chi connectivity index (χ0) is 30.8. The fourth-order valence-electron chi connectivity index (χ4n) is 6.93. The van der Waals surface area contributed by atoms with E-state index in [-0.39, 0.29) is 5.41 Å². The zero-order valence-corrected chi connectivity index (χ0v) is 25.5. The smallest absolute Gasteiger partial charge is 0.164 e. The second-order valence-electron chi connectivity index (χ2n) is 12.5. The molecule has 46 heavy (non-hydrogen) atoms. The first kappa shape index (κ1) is 26.5. The predicted molar refractivity (Wildman–Crippen MR) is 186 cm³/mol. The van der Waals surface area contributed by atoms with Gasteiger partial charge in [-0.3, -0.25) is 0 Å². The summed E-state index contributed by atoms with van der Waals surface area (Å²) < 4.78 is 6.43. The summed E-state index contributed by atoms with van der Waals surface area (Å²) in [6.45, 7) is 4.63. The van der Waals surface area contributed by atoms with Gasteiger partial charge in [-0.1, -0.05) is 123 Å². The second-order valence-corrected chi connectivity index (χ2v) is 12.5. The molecule has 8 aromatic rings. The highest BCUT2D eigenvalue weighted by Gasteiger charge is 2.36. The highest BCUT2D eigenvalue weighted by atomic mass is 16.3. The Labute approximate surface area is 267 Å². The lowest BCUT2D eigenvalue weighted by Gasteiger charge is -2.21. The molecule has 0 saturated heterocycles. The van der Waals surface area contributed by atoms with Gasteiger partial charge < -0.3 is 4.42 Å². The number of furan rings is 1. The fraction of sp³-hybridized carbons (Fsp3) is 0.0714. The number of aromatic nitrogens is 3. The molecule has 0 fully saturated rings. The van der Waals surface area contributed by atoms with Gasteiger partial charge in [0.15, 0.2) is 17.5 Å². The fourth-order valence-corrected chi connectivity index (χ4v) is 6.93. The standard InChI is InChI=1S/C42H29N3O/c1-42(2)35-19-10-9-18-31(35)32-25-38-34(24-36(32)42)33-23-29(20-21-37(33)46-38)28-16-11-17-30(22-28)41-44-39(26-12-5-3-6-13-26)43-40(45-41)27-14-7-4-8-15-27/h3-25H,1-2H3. The average molecular weight is 592 g/mol. The van der Waals surface area contributed by atoms with Crippen LogP contribution in [-0.2, 0) is 5.41 Å². The van der Waals surface area contributed by atoms with Crippen LogP contribution >= 0.6 is 0 Å². The highest BCUT2D eigenvalue weighted by Crippen LogP contribution is 2.50. The van der Waals surface area contributed by atoms with Crippen LogP contribution < -0.4 is 0 Å². The lowest BCUT2D eigenvalue weighted by molar-refractivity contribution is 0.658. The van der Waals surface area contributed by atoms with E-state index in [1.807, 2.05) is 60.7 Å². The normalized spacial score (nSPS) is 13.2. The van der Waals surface area contributed by atoms with Crippen molar-refractivity contribution in [3.8, 4) is 56.4 Å². The van der Waals surface area contributed by atoms with E-state index in [0.29, 0.717) is 17.5 Å². The number of fused-ring (bicyclic) bond motifs is 6. The maximum absolute atomic E-state index is 6.43. The molecule has 0 radical (unpaired) electrons. The number of benzene rings is 6. The lowest BCUT2D eigenvalue weighted by Crippen LogP contribution is -2.14. The molecule has 0 saturated carbocycles. The molecule has 2 heterocycles. The molecular weight excluding hydrogens is 562 g/mol. The number of hydrogen-bond donors (Lipinski definition) is 0. The summed E-state index contributed by atoms with van der Waals surface area (Å²) in [6, 6.07) is 48.4. The first-order valence-corrected chi connectivity index (χ1v) is 15.6. The SMILES string of the molecule is CC1(C)c2ccccc2-c2cc3oc4ccc(-c5cccc(-c6nc(-c7ccccc7)nc(-c7ccccc7)n6)c5)cc4c3cc21. The van der Waals surface area contributed by atoms with Crippen molar-refractivity contribution >= 4 is 21.9 Å². The van der Waals surface area contributed by atoms with E-state index in [1.165, 1.54) is 22.3 Å². The Morgan fingerprint density at radius 3 is 1.70 bits per heavy atom. The maximum atomic E-state index is 6.43. The van der Waals surface area contributed by atoms with Crippen LogP contribution in [0.25, 0.3) is 78.4 Å². The molecule has 4 heteroatoms. The maximum Gasteiger partial charge on any atom is 0.164 e. The van der Waals surface area contributed by atoms with Crippen molar-refractivity contribution < 1.29 is 4.42 Å². The van der Waals surface area contributed by atoms with Gasteiger partial charge in [0.2, 0.25) is 0 Å². The van der Waals surface area contributed by atoms with E-state index in [9.17, 15) is 0 Å². The Bertz CT molecular complexity index is 2380. The predicted octanol–water partition coefficient (Wildman–Crippen LogP) is 10.7. The quantitative estimate of drug-likeness (QED) is 0.204. The highest BCUT2D eigenvalue weighted by molar-refractivity contribution is 6.08. The monoisotopic (exact) mass is 591 g/mol. The van der Waals surface area contributed by atoms with Gasteiger partial charge in [-0.2, -0.15) is 0 Å². The third kappa shape index (κ3) is 4.18. The molecule has 1 aliphatic carbocycles. The van der Waals surface area contributed by atoms with Crippen LogP contribution in [0.15, 0.2) is 144 Å². The van der Waals surface area contributed by atoms with Crippen molar-refractivity contribution in [2.24, 2.45) is 0 Å². The summed E-state index contributed by atoms with van der Waals surface area (Å²) in [5.41, 5.74) is 12.0. The van der Waals surface area contributed by atoms with Crippen molar-refractivity contribution in [2.75, 3.05) is 0 Å². The summed E-state index contributed by atoms with van der Waals surface area (Å²) in [5.74, 6) is 1.94. The van der Waals surface area contributed by atoms with Crippen LogP contribution in [-0.4, -0.2) is 15.0 Å². The molecular formula is C42H29N3O. The first-order chi connectivity index (χ1) is 22.5. The Balaban J connectivity index is 1.16. The number of nitrogens with zero attached hydrogens (tertiary/aromatic N) is 3. The van der Waals surface area contributed by atoms with Crippen LogP contribution in [0, 0.1) is 0 Å². The van der Waals surface area contributed by atoms with Crippen LogP contribution in [0.1, 0.15) is 25.0 Å². The van der Waals surface area contributed by atoms with E-state index in [0.717, 1.165) is 49.8 Å². The summed E-state index contributed by atoms with van der Waals surface area (Å²) in [5, 5.41) is 2.26. The molecule has 0 amide bonds. The molecule has 4 nitrogen and oxygen atoms in total. The summed E-state index contributed by atoms with van der Waals surface area (Å²) in [7, 11) is 0. The Hall–Kier alpha value is -5.87. The van der Waals surface area contributed by atoms with Gasteiger partial charge in [-0.05, 0) is 63.7 Å². The van der Waals surface area contributed by atoms with Gasteiger partial charge in [-0.15, -0.1) is 0 Å². The summed E-state index contributed by atoms with van der Waals surface area (Å²) in [4.78, 5) is 14.7. The zero-order valence-electron chi connectivity index (χ0n) is 25.5. The topological polar surface area (TPSA) is 51.8 Å². The van der Waals surface area contributed by atoms with Gasteiger partial charge in [0.25, 0.3) is 0 Å². The van der Waals surface area contributed by atoms with Gasteiger partial charge in [0, 0.05) is 32.9 Å². The number of rotatable bonds is 4. The van der Waals surface area contributed by atoms with Crippen LogP contribution in [0.5, 0.6) is 0 Å². The molecule has 0 aliphatic heterocycles. The van der Waals surface area contributed by atoms with Crippen LogP contribution in [0.4, 0.5) is 0 Å². The van der Waals surface area contributed by atoms with E-state index in [4.69, 9.17) is 19.4 Å². The van der Waals surface area contributed by atoms with Crippen molar-refractivity contribution in [2.45, 2.75) is 19.3 Å². The van der Waals surface area contributed by atoms with Crippen molar-refractivity contribution in [1.29, 1.82) is 0 Å². The molecule has 0 atom stereocenters. The third-order valence-corrected chi connectivity index (χ3v) is 9.33. The summed E-state index contributed by atoms with van der Waals surface area (Å²) in [6.07, 6.45) is 0. The van der Waals surface area contributed by atoms with E-state index >= 15 is 0 Å². The molecule has 2 aromatic heterocycles. The summed E-state index contributed by atoms with van der Waals surface area (Å²) >= 11 is 0. The van der Waals surface area contributed by atoms with E-state index in [2.05, 4.69) is 92.7 Å². The molecule has 6 aromatic carbocycles. The van der Waals surface area contributed by atoms with E-state index < -0.39 is 0 Å². The second kappa shape index (κ2) is 10.1. The van der Waals surface area contributed by atoms with Crippen LogP contribution in [0.3, 0.4) is 0 Å². The molecule has 218 valence electrons. The third-order valence-electron chi connectivity index (χ3n) is 9.33. The molecule has 0 unspecified atom stereocenters. The van der Waals surface area contributed by atoms with Crippen molar-refractivity contribution in [1.82, 2.24) is 15.0 Å². The minimum absolute atomic E-state index is 0.0720. The Morgan fingerprint density at radius 2 is 0.978 bits per heavy atom. The Morgan fingerprint density at radius 1 is 0.413 bits per heavy atom. The van der Waals surface area contributed by atoms with Crippen molar-refractivity contribution in [3.63, 3.8) is 0 Å². The van der Waals surface area contributed by atoms with Crippen LogP contribution in [0.2, 0.25) is 0 Å². The molecule has 0 N–H and O–H groups in total.